The van der Waals surface area contributed by atoms with Crippen molar-refractivity contribution in [3.8, 4) is 5.75 Å². The molecule has 5 nitrogen and oxygen atoms in total. The summed E-state index contributed by atoms with van der Waals surface area (Å²) in [6.45, 7) is 3.74. The molecule has 0 aliphatic heterocycles. The fraction of sp³-hybridized carbons (Fsp3) is 0.467. The van der Waals surface area contributed by atoms with Crippen molar-refractivity contribution in [3.05, 3.63) is 24.3 Å². The Morgan fingerprint density at radius 1 is 1.30 bits per heavy atom. The lowest BCUT2D eigenvalue weighted by Gasteiger charge is -2.12. The van der Waals surface area contributed by atoms with Crippen molar-refractivity contribution in [2.24, 2.45) is 5.92 Å². The number of hydrogen-bond donors (Lipinski definition) is 2. The lowest BCUT2D eigenvalue weighted by atomic mass is 9.99. The number of anilines is 1. The van der Waals surface area contributed by atoms with Gasteiger partial charge in [0.25, 0.3) is 0 Å². The van der Waals surface area contributed by atoms with Crippen LogP contribution in [0.3, 0.4) is 0 Å². The van der Waals surface area contributed by atoms with Crippen molar-refractivity contribution in [3.63, 3.8) is 0 Å². The summed E-state index contributed by atoms with van der Waals surface area (Å²) >= 11 is 0. The van der Waals surface area contributed by atoms with Gasteiger partial charge in [-0.05, 0) is 18.1 Å². The summed E-state index contributed by atoms with van der Waals surface area (Å²) in [5.74, 6) is -0.253. The molecule has 20 heavy (non-hydrogen) atoms. The molecule has 5 heteroatoms. The molecule has 0 unspecified atom stereocenters. The lowest BCUT2D eigenvalue weighted by molar-refractivity contribution is -0.139. The fourth-order valence-corrected chi connectivity index (χ4v) is 1.86. The van der Waals surface area contributed by atoms with Gasteiger partial charge >= 0.3 is 5.97 Å². The van der Waals surface area contributed by atoms with Crippen molar-refractivity contribution < 1.29 is 19.4 Å². The van der Waals surface area contributed by atoms with E-state index in [0.717, 1.165) is 12.8 Å². The second kappa shape index (κ2) is 8.19. The molecule has 1 amide bonds. The quantitative estimate of drug-likeness (QED) is 0.767. The van der Waals surface area contributed by atoms with E-state index in [1.54, 1.807) is 24.3 Å². The van der Waals surface area contributed by atoms with Crippen molar-refractivity contribution in [2.75, 3.05) is 11.9 Å². The van der Waals surface area contributed by atoms with E-state index in [9.17, 15) is 9.59 Å². The van der Waals surface area contributed by atoms with E-state index >= 15 is 0 Å². The van der Waals surface area contributed by atoms with Crippen LogP contribution in [0.5, 0.6) is 5.75 Å². The zero-order chi connectivity index (χ0) is 15.0. The number of hydrogen-bond acceptors (Lipinski definition) is 3. The second-order valence-electron chi connectivity index (χ2n) is 4.65. The number of ether oxygens (including phenoxy) is 1. The Morgan fingerprint density at radius 2 is 2.00 bits per heavy atom. The highest BCUT2D eigenvalue weighted by Crippen LogP contribution is 2.19. The van der Waals surface area contributed by atoms with E-state index in [-0.39, 0.29) is 5.91 Å². The number of carboxylic acid groups (broad SMARTS) is 1. The standard InChI is InChI=1S/C15H21NO4/c1-3-11(4-2)8-14(17)16-12-6-5-7-13(9-12)20-10-15(18)19/h5-7,9,11H,3-4,8,10H2,1-2H3,(H,16,17)(H,18,19). The molecule has 0 radical (unpaired) electrons. The molecule has 0 atom stereocenters. The Kier molecular flexibility index (Phi) is 6.56. The van der Waals surface area contributed by atoms with Crippen molar-refractivity contribution in [1.82, 2.24) is 0 Å². The highest BCUT2D eigenvalue weighted by Gasteiger charge is 2.10. The van der Waals surface area contributed by atoms with Crippen LogP contribution in [-0.4, -0.2) is 23.6 Å². The third-order valence-electron chi connectivity index (χ3n) is 3.11. The monoisotopic (exact) mass is 279 g/mol. The zero-order valence-electron chi connectivity index (χ0n) is 11.9. The first-order valence-electron chi connectivity index (χ1n) is 6.79. The van der Waals surface area contributed by atoms with Gasteiger partial charge in [-0.1, -0.05) is 32.8 Å². The topological polar surface area (TPSA) is 75.6 Å². The maximum Gasteiger partial charge on any atom is 0.341 e. The third kappa shape index (κ3) is 5.73. The van der Waals surface area contributed by atoms with Gasteiger partial charge in [0.1, 0.15) is 5.75 Å². The van der Waals surface area contributed by atoms with E-state index in [0.29, 0.717) is 23.8 Å². The van der Waals surface area contributed by atoms with Gasteiger partial charge in [0.05, 0.1) is 0 Å². The highest BCUT2D eigenvalue weighted by molar-refractivity contribution is 5.91. The third-order valence-corrected chi connectivity index (χ3v) is 3.11. The highest BCUT2D eigenvalue weighted by atomic mass is 16.5. The van der Waals surface area contributed by atoms with E-state index in [1.807, 2.05) is 0 Å². The number of carbonyl (C=O) groups excluding carboxylic acids is 1. The van der Waals surface area contributed by atoms with E-state index < -0.39 is 12.6 Å². The number of carbonyl (C=O) groups is 2. The zero-order valence-corrected chi connectivity index (χ0v) is 11.9. The van der Waals surface area contributed by atoms with Crippen LogP contribution < -0.4 is 10.1 Å². The van der Waals surface area contributed by atoms with Gasteiger partial charge < -0.3 is 15.2 Å². The first-order valence-corrected chi connectivity index (χ1v) is 6.79. The minimum absolute atomic E-state index is 0.0333. The van der Waals surface area contributed by atoms with Gasteiger partial charge in [-0.15, -0.1) is 0 Å². The Bertz CT molecular complexity index is 455. The Labute approximate surface area is 118 Å². The van der Waals surface area contributed by atoms with Crippen LogP contribution in [0.25, 0.3) is 0 Å². The van der Waals surface area contributed by atoms with Gasteiger partial charge in [-0.25, -0.2) is 4.79 Å². The van der Waals surface area contributed by atoms with Gasteiger partial charge in [0.2, 0.25) is 5.91 Å². The van der Waals surface area contributed by atoms with Crippen molar-refractivity contribution in [1.29, 1.82) is 0 Å². The Hall–Kier alpha value is -2.04. The van der Waals surface area contributed by atoms with E-state index in [2.05, 4.69) is 19.2 Å². The summed E-state index contributed by atoms with van der Waals surface area (Å²) < 4.78 is 5.06. The molecule has 1 aromatic carbocycles. The number of benzene rings is 1. The molecule has 2 N–H and O–H groups in total. The number of amides is 1. The predicted octanol–water partition coefficient (Wildman–Crippen LogP) is 2.91. The lowest BCUT2D eigenvalue weighted by Crippen LogP contribution is -2.16. The largest absolute Gasteiger partial charge is 0.482 e. The molecular formula is C15H21NO4. The minimum Gasteiger partial charge on any atom is -0.482 e. The van der Waals surface area contributed by atoms with Crippen LogP contribution in [0.2, 0.25) is 0 Å². The molecular weight excluding hydrogens is 258 g/mol. The van der Waals surface area contributed by atoms with Gasteiger partial charge in [-0.2, -0.15) is 0 Å². The van der Waals surface area contributed by atoms with Crippen LogP contribution in [0.15, 0.2) is 24.3 Å². The van der Waals surface area contributed by atoms with E-state index in [1.165, 1.54) is 0 Å². The van der Waals surface area contributed by atoms with Gasteiger partial charge in [0, 0.05) is 18.2 Å². The van der Waals surface area contributed by atoms with Gasteiger partial charge in [0.15, 0.2) is 6.61 Å². The smallest absolute Gasteiger partial charge is 0.341 e. The molecule has 0 saturated heterocycles. The number of nitrogens with one attached hydrogen (secondary N) is 1. The summed E-state index contributed by atoms with van der Waals surface area (Å²) in [7, 11) is 0. The summed E-state index contributed by atoms with van der Waals surface area (Å²) in [6.07, 6.45) is 2.45. The molecule has 0 aliphatic rings. The number of aliphatic carboxylic acids is 1. The second-order valence-corrected chi connectivity index (χ2v) is 4.65. The van der Waals surface area contributed by atoms with Gasteiger partial charge in [-0.3, -0.25) is 4.79 Å². The average Bonchev–Trinajstić information content (AvgIpc) is 2.43. The Morgan fingerprint density at radius 3 is 2.60 bits per heavy atom. The average molecular weight is 279 g/mol. The first-order chi connectivity index (χ1) is 9.55. The van der Waals surface area contributed by atoms with Crippen molar-refractivity contribution in [2.45, 2.75) is 33.1 Å². The van der Waals surface area contributed by atoms with Crippen LogP contribution in [0, 0.1) is 5.92 Å². The molecule has 0 aliphatic carbocycles. The SMILES string of the molecule is CCC(CC)CC(=O)Nc1cccc(OCC(=O)O)c1. The van der Waals surface area contributed by atoms with E-state index in [4.69, 9.17) is 9.84 Å². The first kappa shape index (κ1) is 16.0. The normalized spacial score (nSPS) is 10.3. The minimum atomic E-state index is -1.03. The summed E-state index contributed by atoms with van der Waals surface area (Å²) in [5.41, 5.74) is 0.615. The molecule has 110 valence electrons. The van der Waals surface area contributed by atoms with Crippen LogP contribution in [-0.2, 0) is 9.59 Å². The molecule has 1 aromatic rings. The maximum absolute atomic E-state index is 11.9. The van der Waals surface area contributed by atoms with Crippen LogP contribution in [0.1, 0.15) is 33.1 Å². The van der Waals surface area contributed by atoms with Crippen LogP contribution >= 0.6 is 0 Å². The molecule has 0 fully saturated rings. The number of carboxylic acids is 1. The molecule has 0 heterocycles. The molecule has 0 aromatic heterocycles. The Balaban J connectivity index is 2.56. The maximum atomic E-state index is 11.9. The number of rotatable bonds is 8. The molecule has 0 spiro atoms. The molecule has 1 rings (SSSR count). The van der Waals surface area contributed by atoms with Crippen LogP contribution in [0.4, 0.5) is 5.69 Å². The summed E-state index contributed by atoms with van der Waals surface area (Å²) in [4.78, 5) is 22.3. The summed E-state index contributed by atoms with van der Waals surface area (Å²) in [6, 6.07) is 6.73. The molecule has 0 saturated carbocycles. The predicted molar refractivity (Wildman–Crippen MR) is 76.9 cm³/mol. The molecule has 0 bridgehead atoms. The summed E-state index contributed by atoms with van der Waals surface area (Å²) in [5, 5.41) is 11.4. The van der Waals surface area contributed by atoms with Crippen molar-refractivity contribution >= 4 is 17.6 Å². The fourth-order valence-electron chi connectivity index (χ4n) is 1.86.